The number of aromatic hydroxyl groups is 1. The van der Waals surface area contributed by atoms with E-state index in [1.165, 1.54) is 0 Å². The van der Waals surface area contributed by atoms with Gasteiger partial charge in [0.1, 0.15) is 0 Å². The summed E-state index contributed by atoms with van der Waals surface area (Å²) in [5.74, 6) is 0.0403. The van der Waals surface area contributed by atoms with Gasteiger partial charge in [0.15, 0.2) is 5.69 Å². The van der Waals surface area contributed by atoms with E-state index in [4.69, 9.17) is 0 Å². The van der Waals surface area contributed by atoms with E-state index < -0.39 is 0 Å². The molecule has 0 saturated heterocycles. The molecule has 0 aliphatic heterocycles. The number of para-hydroxylation sites is 1. The number of nitrogens with one attached hydrogen (secondary N) is 1. The Labute approximate surface area is 110 Å². The Balaban J connectivity index is 2.06. The van der Waals surface area contributed by atoms with Crippen LogP contribution in [0.4, 0.5) is 11.4 Å². The lowest BCUT2D eigenvalue weighted by Gasteiger charge is -1.96. The number of nitrogens with zero attached hydrogens (tertiary/aromatic N) is 2. The molecule has 3 aromatic rings. The summed E-state index contributed by atoms with van der Waals surface area (Å²) in [7, 11) is 0. The van der Waals surface area contributed by atoms with Crippen LogP contribution in [0.25, 0.3) is 10.9 Å². The quantitative estimate of drug-likeness (QED) is 0.642. The molecule has 3 rings (SSSR count). The monoisotopic (exact) mass is 251 g/mol. The van der Waals surface area contributed by atoms with Crippen LogP contribution in [-0.4, -0.2) is 10.1 Å². The molecule has 1 aromatic heterocycles. The largest absolute Gasteiger partial charge is 0.493 e. The number of azo groups is 1. The predicted molar refractivity (Wildman–Crippen MR) is 75.3 cm³/mol. The minimum Gasteiger partial charge on any atom is -0.493 e. The number of rotatable bonds is 2. The molecule has 2 N–H and O–H groups in total. The van der Waals surface area contributed by atoms with Gasteiger partial charge < -0.3 is 10.1 Å². The molecule has 0 bridgehead atoms. The fraction of sp³-hybridized carbons (Fsp3) is 0.0667. The lowest BCUT2D eigenvalue weighted by atomic mass is 10.2. The van der Waals surface area contributed by atoms with Crippen LogP contribution in [0, 0.1) is 6.92 Å². The van der Waals surface area contributed by atoms with Gasteiger partial charge >= 0.3 is 0 Å². The van der Waals surface area contributed by atoms with Crippen molar-refractivity contribution in [3.8, 4) is 5.88 Å². The van der Waals surface area contributed by atoms with Gasteiger partial charge in [-0.05, 0) is 24.6 Å². The molecule has 4 nitrogen and oxygen atoms in total. The van der Waals surface area contributed by atoms with Gasteiger partial charge in [-0.1, -0.05) is 36.4 Å². The summed E-state index contributed by atoms with van der Waals surface area (Å²) in [6, 6.07) is 15.3. The lowest BCUT2D eigenvalue weighted by molar-refractivity contribution is 0.459. The maximum absolute atomic E-state index is 9.87. The fourth-order valence-electron chi connectivity index (χ4n) is 1.99. The van der Waals surface area contributed by atoms with Gasteiger partial charge in [-0.15, -0.1) is 5.11 Å². The van der Waals surface area contributed by atoms with Crippen molar-refractivity contribution in [2.45, 2.75) is 6.92 Å². The Morgan fingerprint density at radius 1 is 0.947 bits per heavy atom. The van der Waals surface area contributed by atoms with Gasteiger partial charge in [0.2, 0.25) is 5.88 Å². The first-order valence-electron chi connectivity index (χ1n) is 6.03. The molecule has 4 heteroatoms. The topological polar surface area (TPSA) is 60.7 Å². The molecule has 94 valence electrons. The molecule has 0 amide bonds. The zero-order valence-electron chi connectivity index (χ0n) is 10.5. The van der Waals surface area contributed by atoms with Crippen molar-refractivity contribution >= 4 is 22.3 Å². The van der Waals surface area contributed by atoms with Crippen LogP contribution in [0.3, 0.4) is 0 Å². The number of H-pyrrole nitrogens is 1. The molecule has 0 saturated carbocycles. The summed E-state index contributed by atoms with van der Waals surface area (Å²) >= 11 is 0. The van der Waals surface area contributed by atoms with Gasteiger partial charge in [-0.3, -0.25) is 0 Å². The highest BCUT2D eigenvalue weighted by atomic mass is 16.3. The second-order valence-corrected chi connectivity index (χ2v) is 4.35. The molecule has 0 radical (unpaired) electrons. The first-order valence-corrected chi connectivity index (χ1v) is 6.03. The maximum Gasteiger partial charge on any atom is 0.218 e. The van der Waals surface area contributed by atoms with E-state index in [9.17, 15) is 5.11 Å². The Morgan fingerprint density at radius 2 is 1.68 bits per heavy atom. The number of hydrogen-bond donors (Lipinski definition) is 2. The van der Waals surface area contributed by atoms with E-state index in [1.54, 1.807) is 0 Å². The molecule has 2 aromatic carbocycles. The fourth-order valence-corrected chi connectivity index (χ4v) is 1.99. The first kappa shape index (κ1) is 11.5. The third-order valence-electron chi connectivity index (χ3n) is 3.03. The molecule has 0 spiro atoms. The van der Waals surface area contributed by atoms with E-state index in [1.807, 2.05) is 55.5 Å². The van der Waals surface area contributed by atoms with Crippen LogP contribution in [0.1, 0.15) is 5.56 Å². The number of benzene rings is 2. The molecular weight excluding hydrogens is 238 g/mol. The number of aromatic nitrogens is 1. The standard InChI is InChI=1S/C15H13N3O/c1-10-6-2-4-8-12(10)17-18-14-11-7-3-5-9-13(11)16-15(14)19/h2-9,16,19H,1H3. The van der Waals surface area contributed by atoms with E-state index in [0.717, 1.165) is 22.2 Å². The molecule has 1 heterocycles. The minimum atomic E-state index is 0.0403. The maximum atomic E-state index is 9.87. The van der Waals surface area contributed by atoms with E-state index in [0.29, 0.717) is 5.69 Å². The summed E-state index contributed by atoms with van der Waals surface area (Å²) in [5.41, 5.74) is 3.16. The third-order valence-corrected chi connectivity index (χ3v) is 3.03. The van der Waals surface area contributed by atoms with Crippen molar-refractivity contribution < 1.29 is 5.11 Å². The lowest BCUT2D eigenvalue weighted by Crippen LogP contribution is -1.71. The number of aromatic amines is 1. The van der Waals surface area contributed by atoms with Crippen molar-refractivity contribution in [2.75, 3.05) is 0 Å². The molecule has 0 aliphatic carbocycles. The van der Waals surface area contributed by atoms with Crippen molar-refractivity contribution in [3.63, 3.8) is 0 Å². The predicted octanol–water partition coefficient (Wildman–Crippen LogP) is 4.60. The number of hydrogen-bond acceptors (Lipinski definition) is 3. The second kappa shape index (κ2) is 4.57. The Hall–Kier alpha value is -2.62. The molecule has 19 heavy (non-hydrogen) atoms. The minimum absolute atomic E-state index is 0.0403. The van der Waals surface area contributed by atoms with Crippen molar-refractivity contribution in [2.24, 2.45) is 10.2 Å². The van der Waals surface area contributed by atoms with Crippen molar-refractivity contribution in [3.05, 3.63) is 54.1 Å². The van der Waals surface area contributed by atoms with Gasteiger partial charge in [0.25, 0.3) is 0 Å². The average molecular weight is 251 g/mol. The number of fused-ring (bicyclic) bond motifs is 1. The highest BCUT2D eigenvalue weighted by Gasteiger charge is 2.09. The summed E-state index contributed by atoms with van der Waals surface area (Å²) in [4.78, 5) is 2.88. The van der Waals surface area contributed by atoms with E-state index >= 15 is 0 Å². The van der Waals surface area contributed by atoms with Gasteiger partial charge in [0, 0.05) is 5.39 Å². The molecular formula is C15H13N3O. The Kier molecular flexibility index (Phi) is 2.76. The summed E-state index contributed by atoms with van der Waals surface area (Å²) in [6.45, 7) is 1.98. The third kappa shape index (κ3) is 2.08. The molecule has 0 aliphatic rings. The van der Waals surface area contributed by atoms with Crippen LogP contribution < -0.4 is 0 Å². The summed E-state index contributed by atoms with van der Waals surface area (Å²) in [6.07, 6.45) is 0. The van der Waals surface area contributed by atoms with Gasteiger partial charge in [0.05, 0.1) is 11.2 Å². The van der Waals surface area contributed by atoms with E-state index in [2.05, 4.69) is 15.2 Å². The Morgan fingerprint density at radius 3 is 2.53 bits per heavy atom. The number of aryl methyl sites for hydroxylation is 1. The zero-order chi connectivity index (χ0) is 13.2. The first-order chi connectivity index (χ1) is 9.25. The zero-order valence-corrected chi connectivity index (χ0v) is 10.5. The van der Waals surface area contributed by atoms with Crippen molar-refractivity contribution in [1.82, 2.24) is 4.98 Å². The van der Waals surface area contributed by atoms with Crippen LogP contribution >= 0.6 is 0 Å². The van der Waals surface area contributed by atoms with E-state index in [-0.39, 0.29) is 5.88 Å². The molecule has 0 fully saturated rings. The van der Waals surface area contributed by atoms with Gasteiger partial charge in [-0.2, -0.15) is 5.11 Å². The summed E-state index contributed by atoms with van der Waals surface area (Å²) < 4.78 is 0. The molecule has 0 atom stereocenters. The van der Waals surface area contributed by atoms with Crippen LogP contribution in [0.5, 0.6) is 5.88 Å². The summed E-state index contributed by atoms with van der Waals surface area (Å²) in [5, 5.41) is 19.1. The van der Waals surface area contributed by atoms with Gasteiger partial charge in [-0.25, -0.2) is 0 Å². The highest BCUT2D eigenvalue weighted by molar-refractivity contribution is 5.94. The SMILES string of the molecule is Cc1ccccc1N=Nc1c(O)[nH]c2ccccc12. The van der Waals surface area contributed by atoms with Crippen LogP contribution in [0.15, 0.2) is 58.8 Å². The average Bonchev–Trinajstić information content (AvgIpc) is 2.74. The van der Waals surface area contributed by atoms with Crippen LogP contribution in [-0.2, 0) is 0 Å². The van der Waals surface area contributed by atoms with Crippen molar-refractivity contribution in [1.29, 1.82) is 0 Å². The normalized spacial score (nSPS) is 11.4. The highest BCUT2D eigenvalue weighted by Crippen LogP contribution is 2.36. The smallest absolute Gasteiger partial charge is 0.218 e. The molecule has 0 unspecified atom stereocenters. The Bertz CT molecular complexity index is 759. The second-order valence-electron chi connectivity index (χ2n) is 4.35. The van der Waals surface area contributed by atoms with Crippen LogP contribution in [0.2, 0.25) is 0 Å².